The molecule has 2 aromatic carbocycles. The first-order chi connectivity index (χ1) is 12.5. The highest BCUT2D eigenvalue weighted by Gasteiger charge is 2.41. The first kappa shape index (κ1) is 17.2. The van der Waals surface area contributed by atoms with Gasteiger partial charge in [0.05, 0.1) is 18.7 Å². The molecule has 0 aromatic heterocycles. The van der Waals surface area contributed by atoms with Gasteiger partial charge in [-0.3, -0.25) is 0 Å². The number of benzene rings is 2. The van der Waals surface area contributed by atoms with Gasteiger partial charge in [0.15, 0.2) is 0 Å². The Hall–Kier alpha value is -2.27. The molecule has 0 unspecified atom stereocenters. The van der Waals surface area contributed by atoms with Crippen molar-refractivity contribution in [3.05, 3.63) is 69.2 Å². The summed E-state index contributed by atoms with van der Waals surface area (Å²) in [4.78, 5) is 11.8. The van der Waals surface area contributed by atoms with Gasteiger partial charge >= 0.3 is 5.97 Å². The molecule has 0 saturated carbocycles. The Morgan fingerprint density at radius 2 is 2.12 bits per heavy atom. The molecule has 2 aliphatic rings. The van der Waals surface area contributed by atoms with Gasteiger partial charge in [-0.05, 0) is 54.7 Å². The molecule has 4 rings (SSSR count). The number of aromatic carboxylic acids is 1. The first-order valence-electron chi connectivity index (χ1n) is 8.64. The van der Waals surface area contributed by atoms with Gasteiger partial charge in [0.1, 0.15) is 5.75 Å². The molecule has 1 aliphatic carbocycles. The molecule has 2 N–H and O–H groups in total. The van der Waals surface area contributed by atoms with Crippen molar-refractivity contribution in [3.63, 3.8) is 0 Å². The number of aryl methyl sites for hydroxylation is 1. The number of allylic oxidation sites excluding steroid dienone is 2. The van der Waals surface area contributed by atoms with Crippen LogP contribution in [0.5, 0.6) is 5.75 Å². The average Bonchev–Trinajstić information content (AvgIpc) is 3.11. The van der Waals surface area contributed by atoms with Gasteiger partial charge in [-0.1, -0.05) is 34.1 Å². The van der Waals surface area contributed by atoms with Crippen LogP contribution < -0.4 is 10.1 Å². The molecule has 0 bridgehead atoms. The predicted molar refractivity (Wildman–Crippen MR) is 105 cm³/mol. The van der Waals surface area contributed by atoms with E-state index in [4.69, 9.17) is 4.74 Å². The van der Waals surface area contributed by atoms with Crippen molar-refractivity contribution < 1.29 is 14.6 Å². The highest BCUT2D eigenvalue weighted by atomic mass is 79.9. The van der Waals surface area contributed by atoms with Crippen molar-refractivity contribution in [2.75, 3.05) is 12.4 Å². The fraction of sp³-hybridized carbons (Fsp3) is 0.286. The summed E-state index contributed by atoms with van der Waals surface area (Å²) < 4.78 is 6.61. The second-order valence-electron chi connectivity index (χ2n) is 6.89. The van der Waals surface area contributed by atoms with Crippen molar-refractivity contribution in [2.24, 2.45) is 5.92 Å². The molecule has 0 amide bonds. The minimum Gasteiger partial charge on any atom is -0.496 e. The Morgan fingerprint density at radius 3 is 2.85 bits per heavy atom. The maximum Gasteiger partial charge on any atom is 0.336 e. The Morgan fingerprint density at radius 1 is 1.31 bits per heavy atom. The summed E-state index contributed by atoms with van der Waals surface area (Å²) >= 11 is 3.56. The SMILES string of the molecule is COc1ccc(Br)cc1[C@@H]1Nc2c(C)ccc(C(=O)O)c2[C@@H]2C=CC[C@@H]21. The smallest absolute Gasteiger partial charge is 0.336 e. The summed E-state index contributed by atoms with van der Waals surface area (Å²) in [6, 6.07) is 9.68. The summed E-state index contributed by atoms with van der Waals surface area (Å²) in [5.41, 5.74) is 4.37. The van der Waals surface area contributed by atoms with Gasteiger partial charge in [0.25, 0.3) is 0 Å². The van der Waals surface area contributed by atoms with Gasteiger partial charge in [0.2, 0.25) is 0 Å². The van der Waals surface area contributed by atoms with Crippen LogP contribution in [0, 0.1) is 12.8 Å². The third kappa shape index (κ3) is 2.62. The number of hydrogen-bond donors (Lipinski definition) is 2. The Kier molecular flexibility index (Phi) is 4.27. The molecule has 3 atom stereocenters. The van der Waals surface area contributed by atoms with Crippen molar-refractivity contribution in [3.8, 4) is 5.75 Å². The van der Waals surface area contributed by atoms with E-state index in [2.05, 4.69) is 39.5 Å². The van der Waals surface area contributed by atoms with E-state index in [0.29, 0.717) is 5.56 Å². The molecule has 1 heterocycles. The van der Waals surface area contributed by atoms with E-state index >= 15 is 0 Å². The van der Waals surface area contributed by atoms with Crippen LogP contribution in [0.3, 0.4) is 0 Å². The molecular weight excluding hydrogens is 394 g/mol. The lowest BCUT2D eigenvalue weighted by Crippen LogP contribution is -2.31. The van der Waals surface area contributed by atoms with Crippen molar-refractivity contribution in [1.29, 1.82) is 0 Å². The number of hydrogen-bond acceptors (Lipinski definition) is 3. The quantitative estimate of drug-likeness (QED) is 0.670. The molecule has 5 heteroatoms. The molecule has 0 fully saturated rings. The van der Waals surface area contributed by atoms with Gasteiger partial charge < -0.3 is 15.2 Å². The second kappa shape index (κ2) is 6.47. The topological polar surface area (TPSA) is 58.6 Å². The van der Waals surface area contributed by atoms with E-state index in [1.165, 1.54) is 0 Å². The number of nitrogens with one attached hydrogen (secondary N) is 1. The molecular formula is C21H20BrNO3. The van der Waals surface area contributed by atoms with Crippen molar-refractivity contribution >= 4 is 27.6 Å². The van der Waals surface area contributed by atoms with Crippen LogP contribution in [0.4, 0.5) is 5.69 Å². The summed E-state index contributed by atoms with van der Waals surface area (Å²) in [6.45, 7) is 2.02. The molecule has 0 spiro atoms. The van der Waals surface area contributed by atoms with Crippen LogP contribution in [-0.4, -0.2) is 18.2 Å². The predicted octanol–water partition coefficient (Wildman–Crippen LogP) is 5.29. The average molecular weight is 414 g/mol. The van der Waals surface area contributed by atoms with Crippen LogP contribution >= 0.6 is 15.9 Å². The van der Waals surface area contributed by atoms with E-state index in [-0.39, 0.29) is 17.9 Å². The number of carboxylic acid groups (broad SMARTS) is 1. The highest BCUT2D eigenvalue weighted by Crippen LogP contribution is 2.53. The van der Waals surface area contributed by atoms with E-state index in [9.17, 15) is 9.90 Å². The highest BCUT2D eigenvalue weighted by molar-refractivity contribution is 9.10. The monoisotopic (exact) mass is 413 g/mol. The fourth-order valence-corrected chi connectivity index (χ4v) is 4.68. The lowest BCUT2D eigenvalue weighted by atomic mass is 9.74. The molecule has 134 valence electrons. The number of halogens is 1. The van der Waals surface area contributed by atoms with Crippen LogP contribution in [0.2, 0.25) is 0 Å². The molecule has 2 aromatic rings. The summed E-state index contributed by atoms with van der Waals surface area (Å²) in [5, 5.41) is 13.3. The van der Waals surface area contributed by atoms with Gasteiger partial charge in [-0.15, -0.1) is 0 Å². The van der Waals surface area contributed by atoms with Crippen LogP contribution in [0.15, 0.2) is 47.0 Å². The van der Waals surface area contributed by atoms with E-state index in [1.54, 1.807) is 13.2 Å². The van der Waals surface area contributed by atoms with E-state index < -0.39 is 5.97 Å². The number of carbonyl (C=O) groups is 1. The first-order valence-corrected chi connectivity index (χ1v) is 9.44. The van der Waals surface area contributed by atoms with Crippen LogP contribution in [-0.2, 0) is 0 Å². The van der Waals surface area contributed by atoms with Crippen LogP contribution in [0.25, 0.3) is 0 Å². The Labute approximate surface area is 161 Å². The minimum atomic E-state index is -0.874. The third-order valence-corrected chi connectivity index (χ3v) is 5.98. The standard InChI is InChI=1S/C21H20BrNO3/c1-11-6-8-15(21(24)25)18-13-4-3-5-14(13)20(23-19(11)18)16-10-12(22)7-9-17(16)26-2/h3-4,6-10,13-14,20,23H,5H2,1-2H3,(H,24,25)/t13-,14+,20-/m1/s1. The van der Waals surface area contributed by atoms with Crippen molar-refractivity contribution in [1.82, 2.24) is 0 Å². The molecule has 4 nitrogen and oxygen atoms in total. The number of methoxy groups -OCH3 is 1. The summed E-state index contributed by atoms with van der Waals surface area (Å²) in [5.74, 6) is 0.309. The van der Waals surface area contributed by atoms with Crippen molar-refractivity contribution in [2.45, 2.75) is 25.3 Å². The Balaban J connectivity index is 1.90. The number of anilines is 1. The third-order valence-electron chi connectivity index (χ3n) is 5.49. The maximum atomic E-state index is 11.8. The zero-order valence-corrected chi connectivity index (χ0v) is 16.2. The van der Waals surface area contributed by atoms with E-state index in [1.807, 2.05) is 25.1 Å². The van der Waals surface area contributed by atoms with Gasteiger partial charge in [-0.2, -0.15) is 0 Å². The largest absolute Gasteiger partial charge is 0.496 e. The van der Waals surface area contributed by atoms with E-state index in [0.717, 1.165) is 39.0 Å². The van der Waals surface area contributed by atoms with Crippen LogP contribution in [0.1, 0.15) is 45.4 Å². The number of rotatable bonds is 3. The minimum absolute atomic E-state index is 0.0534. The molecule has 0 saturated heterocycles. The molecule has 1 aliphatic heterocycles. The lowest BCUT2D eigenvalue weighted by molar-refractivity contribution is 0.0695. The number of fused-ring (bicyclic) bond motifs is 3. The fourth-order valence-electron chi connectivity index (χ4n) is 4.30. The normalized spacial score (nSPS) is 23.1. The zero-order chi connectivity index (χ0) is 18.4. The summed E-state index contributed by atoms with van der Waals surface area (Å²) in [7, 11) is 1.68. The lowest BCUT2D eigenvalue weighted by Gasteiger charge is -2.39. The number of ether oxygens (including phenoxy) is 1. The molecule has 0 radical (unpaired) electrons. The second-order valence-corrected chi connectivity index (χ2v) is 7.80. The molecule has 26 heavy (non-hydrogen) atoms. The number of carboxylic acids is 1. The summed E-state index contributed by atoms with van der Waals surface area (Å²) in [6.07, 6.45) is 5.23. The zero-order valence-electron chi connectivity index (χ0n) is 14.6. The van der Waals surface area contributed by atoms with Gasteiger partial charge in [-0.25, -0.2) is 4.79 Å². The Bertz CT molecular complexity index is 922. The van der Waals surface area contributed by atoms with Gasteiger partial charge in [0, 0.05) is 21.6 Å². The maximum absolute atomic E-state index is 11.8.